The van der Waals surface area contributed by atoms with Gasteiger partial charge in [-0.1, -0.05) is 6.07 Å². The maximum atomic E-state index is 13.7. The van der Waals surface area contributed by atoms with Crippen molar-refractivity contribution in [3.63, 3.8) is 0 Å². The van der Waals surface area contributed by atoms with Crippen LogP contribution in [0, 0.1) is 5.82 Å². The first-order valence-corrected chi connectivity index (χ1v) is 8.15. The van der Waals surface area contributed by atoms with Crippen LogP contribution < -0.4 is 24.8 Å². The molecule has 8 heteroatoms. The van der Waals surface area contributed by atoms with E-state index in [1.807, 2.05) is 0 Å². The summed E-state index contributed by atoms with van der Waals surface area (Å²) in [5.74, 6) is 0.717. The summed E-state index contributed by atoms with van der Waals surface area (Å²) in [5.41, 5.74) is 1.23. The minimum atomic E-state index is -0.486. The lowest BCUT2D eigenvalue weighted by Crippen LogP contribution is -2.35. The number of rotatable bonds is 5. The first kappa shape index (κ1) is 18.4. The zero-order chi connectivity index (χ0) is 19.4. The molecule has 0 saturated heterocycles. The maximum absolute atomic E-state index is 13.7. The molecule has 2 N–H and O–H groups in total. The molecule has 27 heavy (non-hydrogen) atoms. The third kappa shape index (κ3) is 3.74. The molecule has 1 aliphatic heterocycles. The minimum absolute atomic E-state index is 0.112. The molecule has 1 atom stereocenters. The molecule has 0 aromatic heterocycles. The van der Waals surface area contributed by atoms with Gasteiger partial charge in [-0.25, -0.2) is 9.18 Å². The van der Waals surface area contributed by atoms with Crippen molar-refractivity contribution in [2.75, 3.05) is 26.6 Å². The number of carbonyl (C=O) groups excluding carboxylic acids is 1. The van der Waals surface area contributed by atoms with E-state index >= 15 is 0 Å². The van der Waals surface area contributed by atoms with Crippen LogP contribution in [0.5, 0.6) is 17.2 Å². The first-order chi connectivity index (χ1) is 13.1. The second-order valence-electron chi connectivity index (χ2n) is 5.69. The Morgan fingerprint density at radius 3 is 2.48 bits per heavy atom. The molecule has 1 unspecified atom stereocenters. The molecular formula is C19H20FN3O4. The Morgan fingerprint density at radius 2 is 1.78 bits per heavy atom. The van der Waals surface area contributed by atoms with E-state index in [1.165, 1.54) is 25.2 Å². The van der Waals surface area contributed by atoms with E-state index in [9.17, 15) is 9.18 Å². The van der Waals surface area contributed by atoms with E-state index in [-0.39, 0.29) is 11.8 Å². The SMILES string of the molecule is COc1cc(C2NC=CN2C(=O)Nc2ccc(OC)c(OC)c2)ccc1F. The molecule has 1 heterocycles. The van der Waals surface area contributed by atoms with E-state index in [2.05, 4.69) is 10.6 Å². The van der Waals surface area contributed by atoms with Gasteiger partial charge in [0.05, 0.1) is 21.3 Å². The van der Waals surface area contributed by atoms with Gasteiger partial charge in [0.1, 0.15) is 6.17 Å². The fourth-order valence-electron chi connectivity index (χ4n) is 2.77. The zero-order valence-electron chi connectivity index (χ0n) is 15.2. The van der Waals surface area contributed by atoms with Crippen LogP contribution in [0.2, 0.25) is 0 Å². The van der Waals surface area contributed by atoms with E-state index < -0.39 is 12.0 Å². The number of methoxy groups -OCH3 is 3. The Hall–Kier alpha value is -3.42. The summed E-state index contributed by atoms with van der Waals surface area (Å²) >= 11 is 0. The van der Waals surface area contributed by atoms with Gasteiger partial charge < -0.3 is 24.8 Å². The van der Waals surface area contributed by atoms with Gasteiger partial charge in [-0.3, -0.25) is 4.90 Å². The van der Waals surface area contributed by atoms with Crippen molar-refractivity contribution in [3.8, 4) is 17.2 Å². The average Bonchev–Trinajstić information content (AvgIpc) is 3.18. The van der Waals surface area contributed by atoms with Crippen molar-refractivity contribution in [1.29, 1.82) is 0 Å². The molecule has 0 aliphatic carbocycles. The molecule has 0 spiro atoms. The van der Waals surface area contributed by atoms with Gasteiger partial charge in [0.2, 0.25) is 0 Å². The lowest BCUT2D eigenvalue weighted by molar-refractivity contribution is 0.214. The summed E-state index contributed by atoms with van der Waals surface area (Å²) in [5, 5.41) is 5.87. The number of carbonyl (C=O) groups is 1. The van der Waals surface area contributed by atoms with Crippen molar-refractivity contribution in [2.45, 2.75) is 6.17 Å². The Balaban J connectivity index is 1.79. The van der Waals surface area contributed by atoms with E-state index in [1.54, 1.807) is 49.8 Å². The van der Waals surface area contributed by atoms with Crippen molar-refractivity contribution in [1.82, 2.24) is 10.2 Å². The van der Waals surface area contributed by atoms with Gasteiger partial charge in [0.25, 0.3) is 0 Å². The number of amides is 2. The molecule has 0 radical (unpaired) electrons. The summed E-state index contributed by atoms with van der Waals surface area (Å²) in [6.45, 7) is 0. The number of anilines is 1. The number of benzene rings is 2. The Kier molecular flexibility index (Phi) is 5.35. The van der Waals surface area contributed by atoms with Crippen LogP contribution in [0.3, 0.4) is 0 Å². The van der Waals surface area contributed by atoms with Crippen LogP contribution in [-0.4, -0.2) is 32.3 Å². The lowest BCUT2D eigenvalue weighted by atomic mass is 10.1. The highest BCUT2D eigenvalue weighted by Crippen LogP contribution is 2.31. The van der Waals surface area contributed by atoms with E-state index in [0.717, 1.165) is 0 Å². The normalized spacial score (nSPS) is 15.3. The smallest absolute Gasteiger partial charge is 0.327 e. The van der Waals surface area contributed by atoms with Crippen molar-refractivity contribution < 1.29 is 23.4 Å². The largest absolute Gasteiger partial charge is 0.494 e. The van der Waals surface area contributed by atoms with Gasteiger partial charge in [-0.2, -0.15) is 0 Å². The second kappa shape index (κ2) is 7.86. The maximum Gasteiger partial charge on any atom is 0.327 e. The van der Waals surface area contributed by atoms with Gasteiger partial charge in [0.15, 0.2) is 23.1 Å². The standard InChI is InChI=1S/C19H20FN3O4/c1-25-15-7-5-13(11-17(15)27-3)22-19(24)23-9-8-21-18(23)12-4-6-14(20)16(10-12)26-2/h4-11,18,21H,1-3H3,(H,22,24). The minimum Gasteiger partial charge on any atom is -0.494 e. The molecule has 3 rings (SSSR count). The molecule has 7 nitrogen and oxygen atoms in total. The number of hydrogen-bond acceptors (Lipinski definition) is 5. The summed E-state index contributed by atoms with van der Waals surface area (Å²) in [7, 11) is 4.46. The van der Waals surface area contributed by atoms with Crippen LogP contribution >= 0.6 is 0 Å². The number of halogens is 1. The van der Waals surface area contributed by atoms with Gasteiger partial charge >= 0.3 is 6.03 Å². The molecule has 0 saturated carbocycles. The third-order valence-electron chi connectivity index (χ3n) is 4.13. The molecule has 1 aliphatic rings. The quantitative estimate of drug-likeness (QED) is 0.840. The Bertz CT molecular complexity index is 872. The Labute approximate surface area is 156 Å². The van der Waals surface area contributed by atoms with Crippen LogP contribution in [0.1, 0.15) is 11.7 Å². The van der Waals surface area contributed by atoms with E-state index in [0.29, 0.717) is 22.7 Å². The second-order valence-corrected chi connectivity index (χ2v) is 5.69. The number of urea groups is 1. The van der Waals surface area contributed by atoms with Gasteiger partial charge in [0, 0.05) is 24.2 Å². The summed E-state index contributed by atoms with van der Waals surface area (Å²) < 4.78 is 29.1. The number of ether oxygens (including phenoxy) is 3. The highest BCUT2D eigenvalue weighted by Gasteiger charge is 2.27. The molecule has 142 valence electrons. The third-order valence-corrected chi connectivity index (χ3v) is 4.13. The monoisotopic (exact) mass is 373 g/mol. The molecule has 0 bridgehead atoms. The van der Waals surface area contributed by atoms with Crippen LogP contribution in [0.15, 0.2) is 48.8 Å². The highest BCUT2D eigenvalue weighted by molar-refractivity contribution is 5.91. The number of nitrogens with zero attached hydrogens (tertiary/aromatic N) is 1. The van der Waals surface area contributed by atoms with Crippen molar-refractivity contribution in [2.24, 2.45) is 0 Å². The number of hydrogen-bond donors (Lipinski definition) is 2. The fourth-order valence-corrected chi connectivity index (χ4v) is 2.77. The van der Waals surface area contributed by atoms with Crippen LogP contribution in [-0.2, 0) is 0 Å². The molecule has 2 amide bonds. The van der Waals surface area contributed by atoms with E-state index in [4.69, 9.17) is 14.2 Å². The Morgan fingerprint density at radius 1 is 1.04 bits per heavy atom. The fraction of sp³-hybridized carbons (Fsp3) is 0.211. The summed E-state index contributed by atoms with van der Waals surface area (Å²) in [6.07, 6.45) is 2.77. The zero-order valence-corrected chi connectivity index (χ0v) is 15.2. The van der Waals surface area contributed by atoms with Crippen molar-refractivity contribution >= 4 is 11.7 Å². The average molecular weight is 373 g/mol. The predicted molar refractivity (Wildman–Crippen MR) is 98.4 cm³/mol. The highest BCUT2D eigenvalue weighted by atomic mass is 19.1. The summed E-state index contributed by atoms with van der Waals surface area (Å²) in [4.78, 5) is 14.2. The first-order valence-electron chi connectivity index (χ1n) is 8.15. The van der Waals surface area contributed by atoms with Crippen LogP contribution in [0.4, 0.5) is 14.9 Å². The predicted octanol–water partition coefficient (Wildman–Crippen LogP) is 3.46. The van der Waals surface area contributed by atoms with Crippen molar-refractivity contribution in [3.05, 3.63) is 60.2 Å². The molecule has 2 aromatic carbocycles. The van der Waals surface area contributed by atoms with Crippen LogP contribution in [0.25, 0.3) is 0 Å². The molecular weight excluding hydrogens is 353 g/mol. The molecule has 0 fully saturated rings. The topological polar surface area (TPSA) is 72.1 Å². The van der Waals surface area contributed by atoms with Gasteiger partial charge in [-0.05, 0) is 29.8 Å². The number of nitrogens with one attached hydrogen (secondary N) is 2. The lowest BCUT2D eigenvalue weighted by Gasteiger charge is -2.25. The summed E-state index contributed by atoms with van der Waals surface area (Å²) in [6, 6.07) is 9.17. The van der Waals surface area contributed by atoms with Gasteiger partial charge in [-0.15, -0.1) is 0 Å². The molecule has 2 aromatic rings.